The highest BCUT2D eigenvalue weighted by atomic mass is 19.4. The first-order valence-electron chi connectivity index (χ1n) is 19.0. The smallest absolute Gasteiger partial charge is 0.427 e. The highest BCUT2D eigenvalue weighted by molar-refractivity contribution is 6.14. The Hall–Kier alpha value is -4.74. The fourth-order valence-corrected chi connectivity index (χ4v) is 7.52. The van der Waals surface area contributed by atoms with Gasteiger partial charge >= 0.3 is 18.4 Å². The number of rotatable bonds is 7. The fraction of sp³-hybridized carbons (Fsp3) is 0.575. The molecule has 4 aromatic rings. The fourth-order valence-electron chi connectivity index (χ4n) is 7.52. The van der Waals surface area contributed by atoms with E-state index >= 15 is 0 Å². The molecule has 2 atom stereocenters. The summed E-state index contributed by atoms with van der Waals surface area (Å²) >= 11 is 0. The Kier molecular flexibility index (Phi) is 10.9. The van der Waals surface area contributed by atoms with Crippen LogP contribution in [0, 0.1) is 5.41 Å². The zero-order chi connectivity index (χ0) is 41.9. The van der Waals surface area contributed by atoms with Crippen LogP contribution in [0.5, 0.6) is 0 Å². The third-order valence-electron chi connectivity index (χ3n) is 9.67. The van der Waals surface area contributed by atoms with Gasteiger partial charge in [0.05, 0.1) is 17.5 Å². The number of hydrogen-bond donors (Lipinski definition) is 1. The molecule has 2 saturated heterocycles. The Bertz CT molecular complexity index is 2130. The molecule has 3 aromatic heterocycles. The summed E-state index contributed by atoms with van der Waals surface area (Å²) < 4.78 is 58.9. The topological polar surface area (TPSA) is 144 Å². The van der Waals surface area contributed by atoms with Crippen LogP contribution in [0.4, 0.5) is 28.6 Å². The molecule has 17 heteroatoms. The van der Waals surface area contributed by atoms with Crippen molar-refractivity contribution in [1.82, 2.24) is 29.0 Å². The number of aromatic nitrogens is 4. The van der Waals surface area contributed by atoms with Crippen LogP contribution >= 0.6 is 0 Å². The minimum atomic E-state index is -4.33. The van der Waals surface area contributed by atoms with Gasteiger partial charge in [-0.15, -0.1) is 4.90 Å². The molecule has 1 aromatic carbocycles. The molecule has 14 nitrogen and oxygen atoms in total. The van der Waals surface area contributed by atoms with Crippen LogP contribution in [0.15, 0.2) is 42.9 Å². The largest absolute Gasteiger partial charge is 0.443 e. The van der Waals surface area contributed by atoms with Gasteiger partial charge in [0.15, 0.2) is 5.82 Å². The Morgan fingerprint density at radius 1 is 0.860 bits per heavy atom. The van der Waals surface area contributed by atoms with Crippen molar-refractivity contribution in [1.29, 1.82) is 0 Å². The van der Waals surface area contributed by atoms with Crippen molar-refractivity contribution in [2.24, 2.45) is 5.41 Å². The number of carbonyl (C=O) groups excluding carboxylic acids is 3. The highest BCUT2D eigenvalue weighted by Gasteiger charge is 2.45. The predicted octanol–water partition coefficient (Wildman–Crippen LogP) is 7.47. The maximum absolute atomic E-state index is 14.3. The SMILES string of the molecule is CC(C)(C)OC(=O)N(C(=O)OC(C)(C)C)C(=O)c1cc2ccc(CN3CCC4(CCN(c5ncnn6cc(CC(F)(F)F)cc56)C4)C3)cc2n1C(O)OC(C)(C)C. The molecule has 57 heavy (non-hydrogen) atoms. The lowest BCUT2D eigenvalue weighted by Gasteiger charge is -2.29. The van der Waals surface area contributed by atoms with Crippen molar-refractivity contribution in [2.75, 3.05) is 31.1 Å². The van der Waals surface area contributed by atoms with E-state index in [2.05, 4.69) is 19.9 Å². The zero-order valence-electron chi connectivity index (χ0n) is 33.9. The van der Waals surface area contributed by atoms with Gasteiger partial charge in [0.25, 0.3) is 5.91 Å². The number of nitrogens with zero attached hydrogens (tertiary/aromatic N) is 7. The minimum Gasteiger partial charge on any atom is -0.443 e. The lowest BCUT2D eigenvalue weighted by atomic mass is 9.86. The van der Waals surface area contributed by atoms with Crippen molar-refractivity contribution in [2.45, 2.75) is 118 Å². The molecular weight excluding hydrogens is 747 g/mol. The first-order valence-corrected chi connectivity index (χ1v) is 19.0. The van der Waals surface area contributed by atoms with Crippen LogP contribution in [-0.4, -0.2) is 101 Å². The number of fused-ring (bicyclic) bond motifs is 2. The molecule has 310 valence electrons. The van der Waals surface area contributed by atoms with Gasteiger partial charge in [-0.3, -0.25) is 14.3 Å². The number of aliphatic hydroxyl groups is 1. The molecule has 0 aliphatic carbocycles. The number of hydrogen-bond acceptors (Lipinski definition) is 11. The lowest BCUT2D eigenvalue weighted by molar-refractivity contribution is -0.208. The number of halogens is 3. The maximum Gasteiger partial charge on any atom is 0.427 e. The molecule has 0 radical (unpaired) electrons. The van der Waals surface area contributed by atoms with E-state index in [0.717, 1.165) is 31.5 Å². The Balaban J connectivity index is 1.26. The monoisotopic (exact) mass is 799 g/mol. The molecule has 2 aliphatic heterocycles. The summed E-state index contributed by atoms with van der Waals surface area (Å²) in [6.45, 7) is 18.3. The summed E-state index contributed by atoms with van der Waals surface area (Å²) in [6.07, 6.45) is -4.97. The Morgan fingerprint density at radius 3 is 2.11 bits per heavy atom. The van der Waals surface area contributed by atoms with Crippen molar-refractivity contribution < 1.29 is 46.9 Å². The average Bonchev–Trinajstić information content (AvgIpc) is 3.82. The number of anilines is 1. The van der Waals surface area contributed by atoms with E-state index in [1.54, 1.807) is 68.4 Å². The molecule has 3 amide bonds. The number of alkyl halides is 3. The number of aliphatic hydroxyl groups excluding tert-OH is 1. The number of likely N-dealkylation sites (tertiary alicyclic amines) is 1. The van der Waals surface area contributed by atoms with Crippen molar-refractivity contribution in [3.8, 4) is 0 Å². The molecule has 0 saturated carbocycles. The Morgan fingerprint density at radius 2 is 1.49 bits per heavy atom. The quantitative estimate of drug-likeness (QED) is 0.186. The number of ether oxygens (including phenoxy) is 3. The zero-order valence-corrected chi connectivity index (χ0v) is 33.9. The molecular formula is C40H52F3N7O7. The van der Waals surface area contributed by atoms with E-state index in [0.29, 0.717) is 46.8 Å². The minimum absolute atomic E-state index is 0.0588. The first-order chi connectivity index (χ1) is 26.3. The van der Waals surface area contributed by atoms with Crippen molar-refractivity contribution >= 4 is 40.3 Å². The third kappa shape index (κ3) is 9.87. The van der Waals surface area contributed by atoms with E-state index in [1.807, 2.05) is 12.1 Å². The molecule has 2 unspecified atom stereocenters. The van der Waals surface area contributed by atoms with Gasteiger partial charge in [0, 0.05) is 43.2 Å². The normalized spacial score (nSPS) is 18.9. The van der Waals surface area contributed by atoms with Crippen LogP contribution in [0.3, 0.4) is 0 Å². The maximum atomic E-state index is 14.3. The lowest BCUT2D eigenvalue weighted by Crippen LogP contribution is -2.47. The summed E-state index contributed by atoms with van der Waals surface area (Å²) in [7, 11) is 0. The van der Waals surface area contributed by atoms with Gasteiger partial charge in [-0.05, 0) is 111 Å². The van der Waals surface area contributed by atoms with Crippen LogP contribution in [0.25, 0.3) is 16.4 Å². The summed E-state index contributed by atoms with van der Waals surface area (Å²) in [5.74, 6) is -0.462. The molecule has 1 spiro atoms. The van der Waals surface area contributed by atoms with Gasteiger partial charge in [0.2, 0.25) is 6.41 Å². The number of amides is 3. The average molecular weight is 800 g/mol. The van der Waals surface area contributed by atoms with E-state index < -0.39 is 53.9 Å². The molecule has 2 aliphatic rings. The van der Waals surface area contributed by atoms with Crippen molar-refractivity contribution in [3.63, 3.8) is 0 Å². The second kappa shape index (κ2) is 14.9. The van der Waals surface area contributed by atoms with E-state index in [4.69, 9.17) is 14.2 Å². The summed E-state index contributed by atoms with van der Waals surface area (Å²) in [6, 6.07) is 8.57. The molecule has 6 rings (SSSR count). The molecule has 2 fully saturated rings. The van der Waals surface area contributed by atoms with Gasteiger partial charge in [-0.2, -0.15) is 18.3 Å². The third-order valence-corrected chi connectivity index (χ3v) is 9.67. The van der Waals surface area contributed by atoms with E-state index in [-0.39, 0.29) is 16.7 Å². The number of carbonyl (C=O) groups is 3. The van der Waals surface area contributed by atoms with Crippen molar-refractivity contribution in [3.05, 3.63) is 59.7 Å². The highest BCUT2D eigenvalue weighted by Crippen LogP contribution is 2.42. The van der Waals surface area contributed by atoms with Crippen LogP contribution < -0.4 is 4.90 Å². The predicted molar refractivity (Wildman–Crippen MR) is 205 cm³/mol. The standard InChI is InChI=1S/C40H52F3N7O7/c1-36(2,3)55-33(52)49-28-16-25(10-11-27(28)18-30(49)32(51)50(34(53)56-37(4,5)6)35(54)57-38(7,8)9)20-46-14-12-39(22-46)13-15-47(23-39)31-29-17-26(19-40(41,42)43)21-48(29)45-24-44-31/h10-11,16-18,21,24,33,52H,12-15,19-20,22-23H2,1-9H3. The van der Waals surface area contributed by atoms with E-state index in [9.17, 15) is 32.7 Å². The molecule has 0 bridgehead atoms. The van der Waals surface area contributed by atoms with Gasteiger partial charge in [0.1, 0.15) is 28.7 Å². The second-order valence-electron chi connectivity index (χ2n) is 18.1. The number of imide groups is 3. The number of benzene rings is 1. The van der Waals surface area contributed by atoms with Gasteiger partial charge in [-0.1, -0.05) is 12.1 Å². The second-order valence-corrected chi connectivity index (χ2v) is 18.1. The first kappa shape index (κ1) is 41.9. The molecule has 1 N–H and O–H groups in total. The van der Waals surface area contributed by atoms with Crippen LogP contribution in [-0.2, 0) is 27.2 Å². The summed E-state index contributed by atoms with van der Waals surface area (Å²) in [5.41, 5.74) is -1.22. The van der Waals surface area contributed by atoms with Crippen LogP contribution in [0.1, 0.15) is 103 Å². The van der Waals surface area contributed by atoms with Crippen LogP contribution in [0.2, 0.25) is 0 Å². The molecule has 5 heterocycles. The Labute approximate surface area is 329 Å². The van der Waals surface area contributed by atoms with E-state index in [1.165, 1.54) is 33.7 Å². The summed E-state index contributed by atoms with van der Waals surface area (Å²) in [4.78, 5) is 50.3. The van der Waals surface area contributed by atoms with Gasteiger partial charge < -0.3 is 24.2 Å². The van der Waals surface area contributed by atoms with Gasteiger partial charge in [-0.25, -0.2) is 19.1 Å². The summed E-state index contributed by atoms with van der Waals surface area (Å²) in [5, 5.41) is 16.2.